The fourth-order valence-electron chi connectivity index (χ4n) is 1.90. The van der Waals surface area contributed by atoms with E-state index in [9.17, 15) is 0 Å². The van der Waals surface area contributed by atoms with Gasteiger partial charge in [0.1, 0.15) is 0 Å². The number of halogens is 2. The van der Waals surface area contributed by atoms with E-state index in [-0.39, 0.29) is 0 Å². The van der Waals surface area contributed by atoms with E-state index in [0.29, 0.717) is 6.04 Å². The average Bonchev–Trinajstić information content (AvgIpc) is 2.18. The first-order valence-corrected chi connectivity index (χ1v) is 6.76. The third-order valence-corrected chi connectivity index (χ3v) is 3.92. The Morgan fingerprint density at radius 3 is 2.75 bits per heavy atom. The molecule has 0 aromatic heterocycles. The number of likely N-dealkylation sites (N-methyl/N-ethyl adjacent to an activating group) is 1. The average molecular weight is 304 g/mol. The van der Waals surface area contributed by atoms with Gasteiger partial charge in [-0.05, 0) is 24.2 Å². The van der Waals surface area contributed by atoms with Crippen molar-refractivity contribution < 1.29 is 0 Å². The third kappa shape index (κ3) is 2.77. The molecule has 0 unspecified atom stereocenters. The lowest BCUT2D eigenvalue weighted by atomic mass is 10.1. The summed E-state index contributed by atoms with van der Waals surface area (Å²) in [7, 11) is 0. The second kappa shape index (κ2) is 5.50. The zero-order valence-corrected chi connectivity index (χ0v) is 11.7. The highest BCUT2D eigenvalue weighted by Crippen LogP contribution is 2.23. The molecule has 0 amide bonds. The number of rotatable bonds is 4. The van der Waals surface area contributed by atoms with Crippen LogP contribution in [0.3, 0.4) is 0 Å². The highest BCUT2D eigenvalue weighted by molar-refractivity contribution is 9.10. The van der Waals surface area contributed by atoms with Crippen LogP contribution in [-0.2, 0) is 6.54 Å². The lowest BCUT2D eigenvalue weighted by molar-refractivity contribution is 0.145. The molecule has 4 heteroatoms. The molecule has 2 nitrogen and oxygen atoms in total. The Kier molecular flexibility index (Phi) is 4.25. The SMILES string of the molecule is CCN(Cc1ccc(Br)cc1Cl)C1CNC1. The van der Waals surface area contributed by atoms with Crippen LogP contribution in [0.5, 0.6) is 0 Å². The van der Waals surface area contributed by atoms with Gasteiger partial charge in [-0.1, -0.05) is 40.5 Å². The van der Waals surface area contributed by atoms with E-state index >= 15 is 0 Å². The zero-order valence-electron chi connectivity index (χ0n) is 9.34. The van der Waals surface area contributed by atoms with E-state index in [0.717, 1.165) is 35.7 Å². The molecule has 0 atom stereocenters. The summed E-state index contributed by atoms with van der Waals surface area (Å²) in [5, 5.41) is 4.15. The van der Waals surface area contributed by atoms with Crippen LogP contribution in [0, 0.1) is 0 Å². The monoisotopic (exact) mass is 302 g/mol. The molecule has 0 bridgehead atoms. The van der Waals surface area contributed by atoms with E-state index < -0.39 is 0 Å². The molecule has 16 heavy (non-hydrogen) atoms. The Balaban J connectivity index is 2.06. The summed E-state index contributed by atoms with van der Waals surface area (Å²) < 4.78 is 1.04. The summed E-state index contributed by atoms with van der Waals surface area (Å²) in [4.78, 5) is 2.46. The minimum atomic E-state index is 0.671. The Morgan fingerprint density at radius 2 is 2.25 bits per heavy atom. The first kappa shape index (κ1) is 12.4. The molecule has 1 aromatic carbocycles. The molecular formula is C12H16BrClN2. The lowest BCUT2D eigenvalue weighted by Gasteiger charge is -2.37. The summed E-state index contributed by atoms with van der Waals surface area (Å²) in [6.45, 7) is 6.41. The van der Waals surface area contributed by atoms with Gasteiger partial charge >= 0.3 is 0 Å². The molecule has 1 saturated heterocycles. The van der Waals surface area contributed by atoms with E-state index in [1.54, 1.807) is 0 Å². The van der Waals surface area contributed by atoms with Gasteiger partial charge in [-0.25, -0.2) is 0 Å². The largest absolute Gasteiger partial charge is 0.314 e. The fourth-order valence-corrected chi connectivity index (χ4v) is 2.63. The molecular weight excluding hydrogens is 288 g/mol. The molecule has 1 heterocycles. The van der Waals surface area contributed by atoms with Gasteiger partial charge in [0, 0.05) is 35.2 Å². The van der Waals surface area contributed by atoms with Crippen molar-refractivity contribution in [1.29, 1.82) is 0 Å². The van der Waals surface area contributed by atoms with Gasteiger partial charge in [-0.2, -0.15) is 0 Å². The second-order valence-corrected chi connectivity index (χ2v) is 5.43. The van der Waals surface area contributed by atoms with Crippen molar-refractivity contribution in [3.8, 4) is 0 Å². The van der Waals surface area contributed by atoms with Crippen LogP contribution < -0.4 is 5.32 Å². The van der Waals surface area contributed by atoms with Crippen molar-refractivity contribution >= 4 is 27.5 Å². The number of hydrogen-bond donors (Lipinski definition) is 1. The summed E-state index contributed by atoms with van der Waals surface area (Å²) in [6, 6.07) is 6.78. The van der Waals surface area contributed by atoms with E-state index in [1.807, 2.05) is 12.1 Å². The predicted molar refractivity (Wildman–Crippen MR) is 71.9 cm³/mol. The first-order valence-electron chi connectivity index (χ1n) is 5.59. The Morgan fingerprint density at radius 1 is 1.50 bits per heavy atom. The third-order valence-electron chi connectivity index (χ3n) is 3.07. The van der Waals surface area contributed by atoms with Gasteiger partial charge in [0.2, 0.25) is 0 Å². The molecule has 1 aliphatic heterocycles. The smallest absolute Gasteiger partial charge is 0.0462 e. The molecule has 1 aromatic rings. The van der Waals surface area contributed by atoms with Crippen LogP contribution in [0.1, 0.15) is 12.5 Å². The van der Waals surface area contributed by atoms with Crippen LogP contribution in [-0.4, -0.2) is 30.6 Å². The van der Waals surface area contributed by atoms with Gasteiger partial charge in [0.05, 0.1) is 0 Å². The molecule has 2 rings (SSSR count). The van der Waals surface area contributed by atoms with Crippen molar-refractivity contribution in [3.05, 3.63) is 33.3 Å². The molecule has 1 aliphatic rings. The Hall–Kier alpha value is -0.0900. The topological polar surface area (TPSA) is 15.3 Å². The summed E-state index contributed by atoms with van der Waals surface area (Å²) in [5.41, 5.74) is 1.21. The quantitative estimate of drug-likeness (QED) is 0.920. The maximum atomic E-state index is 6.22. The second-order valence-electron chi connectivity index (χ2n) is 4.11. The standard InChI is InChI=1S/C12H16BrClN2/c1-2-16(11-6-15-7-11)8-9-3-4-10(13)5-12(9)14/h3-5,11,15H,2,6-8H2,1H3. The summed E-state index contributed by atoms with van der Waals surface area (Å²) in [6.07, 6.45) is 0. The first-order chi connectivity index (χ1) is 7.70. The predicted octanol–water partition coefficient (Wildman–Crippen LogP) is 2.90. The summed E-state index contributed by atoms with van der Waals surface area (Å²) >= 11 is 9.65. The van der Waals surface area contributed by atoms with Gasteiger partial charge in [0.15, 0.2) is 0 Å². The van der Waals surface area contributed by atoms with E-state index in [4.69, 9.17) is 11.6 Å². The number of nitrogens with one attached hydrogen (secondary N) is 1. The number of hydrogen-bond acceptors (Lipinski definition) is 2. The fraction of sp³-hybridized carbons (Fsp3) is 0.500. The molecule has 1 N–H and O–H groups in total. The molecule has 0 aliphatic carbocycles. The highest BCUT2D eigenvalue weighted by Gasteiger charge is 2.23. The van der Waals surface area contributed by atoms with Crippen LogP contribution in [0.4, 0.5) is 0 Å². The van der Waals surface area contributed by atoms with Crippen molar-refractivity contribution in [2.45, 2.75) is 19.5 Å². The minimum absolute atomic E-state index is 0.671. The molecule has 0 saturated carbocycles. The molecule has 0 spiro atoms. The lowest BCUT2D eigenvalue weighted by Crippen LogP contribution is -2.56. The van der Waals surface area contributed by atoms with Gasteiger partial charge in [-0.3, -0.25) is 4.90 Å². The summed E-state index contributed by atoms with van der Waals surface area (Å²) in [5.74, 6) is 0. The van der Waals surface area contributed by atoms with Crippen molar-refractivity contribution in [1.82, 2.24) is 10.2 Å². The Bertz CT molecular complexity index is 366. The van der Waals surface area contributed by atoms with Gasteiger partial charge in [-0.15, -0.1) is 0 Å². The van der Waals surface area contributed by atoms with Crippen molar-refractivity contribution in [3.63, 3.8) is 0 Å². The molecule has 1 fully saturated rings. The maximum absolute atomic E-state index is 6.22. The van der Waals surface area contributed by atoms with Gasteiger partial charge < -0.3 is 5.32 Å². The van der Waals surface area contributed by atoms with E-state index in [2.05, 4.69) is 39.1 Å². The Labute approximate surface area is 110 Å². The normalized spacial score (nSPS) is 16.5. The van der Waals surface area contributed by atoms with E-state index in [1.165, 1.54) is 5.56 Å². The zero-order chi connectivity index (χ0) is 11.5. The number of nitrogens with zero attached hydrogens (tertiary/aromatic N) is 1. The minimum Gasteiger partial charge on any atom is -0.314 e. The van der Waals surface area contributed by atoms with Crippen molar-refractivity contribution in [2.24, 2.45) is 0 Å². The van der Waals surface area contributed by atoms with Crippen LogP contribution in [0.25, 0.3) is 0 Å². The number of benzene rings is 1. The highest BCUT2D eigenvalue weighted by atomic mass is 79.9. The van der Waals surface area contributed by atoms with Crippen LogP contribution in [0.2, 0.25) is 5.02 Å². The molecule has 0 radical (unpaired) electrons. The molecule has 88 valence electrons. The van der Waals surface area contributed by atoms with Crippen LogP contribution >= 0.6 is 27.5 Å². The maximum Gasteiger partial charge on any atom is 0.0462 e. The van der Waals surface area contributed by atoms with Crippen molar-refractivity contribution in [2.75, 3.05) is 19.6 Å². The van der Waals surface area contributed by atoms with Gasteiger partial charge in [0.25, 0.3) is 0 Å². The van der Waals surface area contributed by atoms with Crippen LogP contribution in [0.15, 0.2) is 22.7 Å².